The number of hydrogen-bond donors (Lipinski definition) is 2. The van der Waals surface area contributed by atoms with Crippen molar-refractivity contribution < 1.29 is 14.7 Å². The van der Waals surface area contributed by atoms with Crippen LogP contribution in [0.15, 0.2) is 11.3 Å². The van der Waals surface area contributed by atoms with Crippen molar-refractivity contribution in [3.8, 4) is 0 Å². The number of carbonyl (C=O) groups excluding carboxylic acids is 2. The molecule has 2 aliphatic carbocycles. The van der Waals surface area contributed by atoms with E-state index in [-0.39, 0.29) is 29.0 Å². The molecule has 1 amide bonds. The normalized spacial score (nSPS) is 37.2. The summed E-state index contributed by atoms with van der Waals surface area (Å²) in [6.45, 7) is 4.14. The number of rotatable bonds is 3. The van der Waals surface area contributed by atoms with Gasteiger partial charge in [0.15, 0.2) is 5.78 Å². The molecule has 0 aromatic carbocycles. The van der Waals surface area contributed by atoms with E-state index in [4.69, 9.17) is 5.73 Å². The molecule has 1 fully saturated rings. The number of aliphatic hydroxyl groups is 1. The Balaban J connectivity index is 2.38. The van der Waals surface area contributed by atoms with Gasteiger partial charge in [-0.2, -0.15) is 0 Å². The summed E-state index contributed by atoms with van der Waals surface area (Å²) in [6.07, 6.45) is 2.24. The number of ketones is 1. The van der Waals surface area contributed by atoms with Crippen LogP contribution in [0, 0.1) is 23.7 Å². The van der Waals surface area contributed by atoms with Gasteiger partial charge in [-0.1, -0.05) is 20.3 Å². The van der Waals surface area contributed by atoms with Crippen molar-refractivity contribution in [2.45, 2.75) is 33.1 Å². The molecule has 4 heteroatoms. The predicted molar refractivity (Wildman–Crippen MR) is 63.0 cm³/mol. The molecule has 0 spiro atoms. The molecule has 0 radical (unpaired) electrons. The third kappa shape index (κ3) is 1.96. The van der Waals surface area contributed by atoms with Gasteiger partial charge in [0.2, 0.25) is 0 Å². The zero-order chi connectivity index (χ0) is 12.7. The monoisotopic (exact) mass is 237 g/mol. The topological polar surface area (TPSA) is 80.4 Å². The lowest BCUT2D eigenvalue weighted by molar-refractivity contribution is -0.123. The van der Waals surface area contributed by atoms with Crippen molar-refractivity contribution in [1.29, 1.82) is 0 Å². The Morgan fingerprint density at radius 1 is 1.53 bits per heavy atom. The molecule has 2 aliphatic rings. The summed E-state index contributed by atoms with van der Waals surface area (Å²) in [5, 5.41) is 10.2. The Hall–Kier alpha value is -1.32. The third-order valence-electron chi connectivity index (χ3n) is 4.21. The molecule has 3 N–H and O–H groups in total. The first kappa shape index (κ1) is 12.1. The summed E-state index contributed by atoms with van der Waals surface area (Å²) in [6, 6.07) is 0. The van der Waals surface area contributed by atoms with Gasteiger partial charge in [-0.25, -0.2) is 0 Å². The smallest absolute Gasteiger partial charge is 0.255 e. The van der Waals surface area contributed by atoms with Crippen LogP contribution in [0.1, 0.15) is 33.1 Å². The Labute approximate surface area is 101 Å². The Bertz CT molecular complexity index is 399. The van der Waals surface area contributed by atoms with E-state index in [0.29, 0.717) is 18.3 Å². The van der Waals surface area contributed by atoms with E-state index in [2.05, 4.69) is 6.92 Å². The number of Topliss-reactive ketones (excluding diaryl/α,β-unsaturated/α-hetero) is 1. The van der Waals surface area contributed by atoms with Gasteiger partial charge >= 0.3 is 0 Å². The molecule has 0 aliphatic heterocycles. The largest absolute Gasteiger partial charge is 0.511 e. The number of allylic oxidation sites excluding steroid dienone is 1. The molecule has 2 rings (SSSR count). The number of carbonyl (C=O) groups is 2. The molecule has 4 unspecified atom stereocenters. The van der Waals surface area contributed by atoms with Crippen LogP contribution in [0.3, 0.4) is 0 Å². The van der Waals surface area contributed by atoms with Gasteiger partial charge in [-0.3, -0.25) is 9.59 Å². The van der Waals surface area contributed by atoms with Crippen molar-refractivity contribution in [2.75, 3.05) is 0 Å². The molecule has 0 heterocycles. The van der Waals surface area contributed by atoms with Crippen LogP contribution in [-0.4, -0.2) is 16.8 Å². The highest BCUT2D eigenvalue weighted by atomic mass is 16.3. The van der Waals surface area contributed by atoms with E-state index in [0.717, 1.165) is 12.8 Å². The third-order valence-corrected chi connectivity index (χ3v) is 4.21. The molecule has 4 atom stereocenters. The van der Waals surface area contributed by atoms with Gasteiger partial charge < -0.3 is 10.8 Å². The van der Waals surface area contributed by atoms with E-state index < -0.39 is 5.91 Å². The van der Waals surface area contributed by atoms with Gasteiger partial charge in [-0.15, -0.1) is 0 Å². The van der Waals surface area contributed by atoms with E-state index in [1.807, 2.05) is 6.92 Å². The molecule has 94 valence electrons. The number of primary amides is 1. The molecular formula is C13H19NO3. The maximum absolute atomic E-state index is 11.8. The van der Waals surface area contributed by atoms with E-state index >= 15 is 0 Å². The van der Waals surface area contributed by atoms with Crippen molar-refractivity contribution in [2.24, 2.45) is 29.4 Å². The van der Waals surface area contributed by atoms with Crippen LogP contribution in [0.5, 0.6) is 0 Å². The first-order valence-electron chi connectivity index (χ1n) is 6.23. The van der Waals surface area contributed by atoms with E-state index in [1.165, 1.54) is 0 Å². The molecule has 0 aromatic heterocycles. The minimum atomic E-state index is -0.791. The number of nitrogens with two attached hydrogens (primary N) is 1. The van der Waals surface area contributed by atoms with Crippen LogP contribution in [0.2, 0.25) is 0 Å². The van der Waals surface area contributed by atoms with Gasteiger partial charge in [-0.05, 0) is 24.2 Å². The minimum absolute atomic E-state index is 0.0461. The van der Waals surface area contributed by atoms with Crippen LogP contribution >= 0.6 is 0 Å². The zero-order valence-electron chi connectivity index (χ0n) is 10.3. The summed E-state index contributed by atoms with van der Waals surface area (Å²) in [5.74, 6) is -0.0570. The Morgan fingerprint density at radius 2 is 2.12 bits per heavy atom. The Morgan fingerprint density at radius 3 is 2.53 bits per heavy atom. The number of amides is 1. The molecule has 1 saturated carbocycles. The fourth-order valence-corrected chi connectivity index (χ4v) is 3.07. The maximum atomic E-state index is 11.8. The summed E-state index contributed by atoms with van der Waals surface area (Å²) >= 11 is 0. The second-order valence-electron chi connectivity index (χ2n) is 5.32. The van der Waals surface area contributed by atoms with E-state index in [9.17, 15) is 14.7 Å². The van der Waals surface area contributed by atoms with Gasteiger partial charge in [0, 0.05) is 12.3 Å². The molecule has 17 heavy (non-hydrogen) atoms. The second kappa shape index (κ2) is 4.17. The standard InChI is InChI=1S/C13H19NO3/c1-3-7-5-9(15)11(13(14)17)12(16)10(7)8-4-6(8)2/h6-8,10,16H,3-5H2,1-2H3,(H2,14,17). The first-order chi connectivity index (χ1) is 7.97. The maximum Gasteiger partial charge on any atom is 0.255 e. The van der Waals surface area contributed by atoms with Crippen LogP contribution in [0.25, 0.3) is 0 Å². The van der Waals surface area contributed by atoms with Crippen molar-refractivity contribution in [3.05, 3.63) is 11.3 Å². The van der Waals surface area contributed by atoms with Crippen molar-refractivity contribution in [3.63, 3.8) is 0 Å². The second-order valence-corrected chi connectivity index (χ2v) is 5.32. The van der Waals surface area contributed by atoms with E-state index in [1.54, 1.807) is 0 Å². The van der Waals surface area contributed by atoms with Gasteiger partial charge in [0.1, 0.15) is 11.3 Å². The lowest BCUT2D eigenvalue weighted by Crippen LogP contribution is -2.35. The van der Waals surface area contributed by atoms with Crippen molar-refractivity contribution in [1.82, 2.24) is 0 Å². The summed E-state index contributed by atoms with van der Waals surface area (Å²) < 4.78 is 0. The van der Waals surface area contributed by atoms with Crippen LogP contribution in [0.4, 0.5) is 0 Å². The Kier molecular flexibility index (Phi) is 2.98. The summed E-state index contributed by atoms with van der Waals surface area (Å²) in [5.41, 5.74) is 5.02. The highest BCUT2D eigenvalue weighted by Gasteiger charge is 2.48. The highest BCUT2D eigenvalue weighted by Crippen LogP contribution is 2.52. The van der Waals surface area contributed by atoms with Crippen molar-refractivity contribution >= 4 is 11.7 Å². The fourth-order valence-electron chi connectivity index (χ4n) is 3.07. The fraction of sp³-hybridized carbons (Fsp3) is 0.692. The molecule has 0 bridgehead atoms. The SMILES string of the molecule is CCC1CC(=O)C(C(N)=O)=C(O)C1C1CC1C. The molecule has 0 saturated heterocycles. The highest BCUT2D eigenvalue weighted by molar-refractivity contribution is 6.19. The average molecular weight is 237 g/mol. The molecule has 0 aromatic rings. The van der Waals surface area contributed by atoms with Gasteiger partial charge in [0.05, 0.1) is 0 Å². The van der Waals surface area contributed by atoms with Crippen LogP contribution in [-0.2, 0) is 9.59 Å². The lowest BCUT2D eigenvalue weighted by atomic mass is 9.74. The number of hydrogen-bond acceptors (Lipinski definition) is 3. The summed E-state index contributed by atoms with van der Waals surface area (Å²) in [7, 11) is 0. The quantitative estimate of drug-likeness (QED) is 0.731. The van der Waals surface area contributed by atoms with Gasteiger partial charge in [0.25, 0.3) is 5.91 Å². The zero-order valence-corrected chi connectivity index (χ0v) is 10.3. The minimum Gasteiger partial charge on any atom is -0.511 e. The molecule has 4 nitrogen and oxygen atoms in total. The lowest BCUT2D eigenvalue weighted by Gasteiger charge is -2.31. The average Bonchev–Trinajstić information content (AvgIpc) is 2.93. The first-order valence-corrected chi connectivity index (χ1v) is 6.23. The predicted octanol–water partition coefficient (Wildman–Crippen LogP) is 1.55. The summed E-state index contributed by atoms with van der Waals surface area (Å²) in [4.78, 5) is 23.0. The molecular weight excluding hydrogens is 218 g/mol. The number of aliphatic hydroxyl groups excluding tert-OH is 1. The van der Waals surface area contributed by atoms with Crippen LogP contribution < -0.4 is 5.73 Å².